The van der Waals surface area contributed by atoms with Crippen molar-refractivity contribution in [3.05, 3.63) is 53.6 Å². The first-order valence-corrected chi connectivity index (χ1v) is 8.27. The lowest BCUT2D eigenvalue weighted by Crippen LogP contribution is -2.35. The fourth-order valence-corrected chi connectivity index (χ4v) is 2.69. The average Bonchev–Trinajstić information content (AvgIpc) is 3.25. The summed E-state index contributed by atoms with van der Waals surface area (Å²) >= 11 is 6.01. The Morgan fingerprint density at radius 3 is 2.71 bits per heavy atom. The van der Waals surface area contributed by atoms with Crippen molar-refractivity contribution in [2.45, 2.75) is 38.9 Å². The van der Waals surface area contributed by atoms with E-state index >= 15 is 0 Å². The zero-order valence-corrected chi connectivity index (χ0v) is 14.6. The molecule has 0 aliphatic carbocycles. The standard InChI is InChI=1S/C17H20ClN5O/c1-11(13(3)23-9-5-8-19-23)20-12(2)16-21-22-17(24-16)14-6-4-7-15(18)10-14/h4-13,20H,1-3H3/t11-,12-,13-/m0/s1. The predicted molar refractivity (Wildman–Crippen MR) is 92.7 cm³/mol. The second-order valence-corrected chi connectivity index (χ2v) is 6.30. The molecule has 1 aromatic carbocycles. The fraction of sp³-hybridized carbons (Fsp3) is 0.353. The topological polar surface area (TPSA) is 68.8 Å². The summed E-state index contributed by atoms with van der Waals surface area (Å²) < 4.78 is 7.72. The minimum atomic E-state index is -0.0709. The van der Waals surface area contributed by atoms with Gasteiger partial charge in [0.05, 0.1) is 12.1 Å². The van der Waals surface area contributed by atoms with Gasteiger partial charge in [-0.1, -0.05) is 17.7 Å². The van der Waals surface area contributed by atoms with Crippen molar-refractivity contribution >= 4 is 11.6 Å². The first-order chi connectivity index (χ1) is 11.5. The second-order valence-electron chi connectivity index (χ2n) is 5.86. The third-order valence-electron chi connectivity index (χ3n) is 4.06. The molecule has 0 saturated carbocycles. The molecule has 0 bridgehead atoms. The van der Waals surface area contributed by atoms with Crippen molar-refractivity contribution in [3.8, 4) is 11.5 Å². The van der Waals surface area contributed by atoms with E-state index in [9.17, 15) is 0 Å². The SMILES string of the molecule is C[C@H](N[C@@H](C)[C@H](C)n1cccn1)c1nnc(-c2cccc(Cl)c2)o1. The van der Waals surface area contributed by atoms with Crippen LogP contribution in [0.25, 0.3) is 11.5 Å². The highest BCUT2D eigenvalue weighted by Crippen LogP contribution is 2.24. The van der Waals surface area contributed by atoms with Gasteiger partial charge in [0, 0.05) is 29.0 Å². The maximum atomic E-state index is 6.01. The van der Waals surface area contributed by atoms with E-state index in [1.54, 1.807) is 12.3 Å². The van der Waals surface area contributed by atoms with E-state index in [2.05, 4.69) is 34.5 Å². The Hall–Kier alpha value is -2.18. The predicted octanol–water partition coefficient (Wildman–Crippen LogP) is 3.89. The fourth-order valence-electron chi connectivity index (χ4n) is 2.50. The first kappa shape index (κ1) is 16.7. The lowest BCUT2D eigenvalue weighted by atomic mass is 10.1. The van der Waals surface area contributed by atoms with Gasteiger partial charge in [-0.2, -0.15) is 5.10 Å². The molecule has 0 unspecified atom stereocenters. The number of hydrogen-bond acceptors (Lipinski definition) is 5. The van der Waals surface area contributed by atoms with E-state index in [-0.39, 0.29) is 18.1 Å². The molecular weight excluding hydrogens is 326 g/mol. The van der Waals surface area contributed by atoms with Gasteiger partial charge in [-0.05, 0) is 45.0 Å². The van der Waals surface area contributed by atoms with E-state index in [1.807, 2.05) is 42.1 Å². The van der Waals surface area contributed by atoms with Gasteiger partial charge >= 0.3 is 0 Å². The first-order valence-electron chi connectivity index (χ1n) is 7.89. The summed E-state index contributed by atoms with van der Waals surface area (Å²) in [5, 5.41) is 16.7. The molecule has 0 aliphatic heterocycles. The molecule has 0 radical (unpaired) electrons. The van der Waals surface area contributed by atoms with Crippen LogP contribution in [-0.4, -0.2) is 26.0 Å². The van der Waals surface area contributed by atoms with Crippen LogP contribution in [0.1, 0.15) is 38.7 Å². The molecule has 7 heteroatoms. The summed E-state index contributed by atoms with van der Waals surface area (Å²) in [6.07, 6.45) is 3.74. The third-order valence-corrected chi connectivity index (χ3v) is 4.30. The van der Waals surface area contributed by atoms with Crippen molar-refractivity contribution in [2.24, 2.45) is 0 Å². The molecule has 3 atom stereocenters. The second kappa shape index (κ2) is 7.15. The van der Waals surface area contributed by atoms with E-state index in [1.165, 1.54) is 0 Å². The van der Waals surface area contributed by atoms with E-state index < -0.39 is 0 Å². The average molecular weight is 346 g/mol. The van der Waals surface area contributed by atoms with Gasteiger partial charge in [-0.3, -0.25) is 4.68 Å². The van der Waals surface area contributed by atoms with Crippen LogP contribution >= 0.6 is 11.6 Å². The lowest BCUT2D eigenvalue weighted by molar-refractivity contribution is 0.317. The molecule has 0 aliphatic rings. The monoisotopic (exact) mass is 345 g/mol. The maximum Gasteiger partial charge on any atom is 0.247 e. The molecule has 3 aromatic rings. The van der Waals surface area contributed by atoms with Gasteiger partial charge in [-0.25, -0.2) is 0 Å². The molecule has 0 amide bonds. The molecule has 0 spiro atoms. The lowest BCUT2D eigenvalue weighted by Gasteiger charge is -2.24. The largest absolute Gasteiger partial charge is 0.419 e. The quantitative estimate of drug-likeness (QED) is 0.734. The van der Waals surface area contributed by atoms with Crippen LogP contribution in [0.3, 0.4) is 0 Å². The number of benzene rings is 1. The Balaban J connectivity index is 1.68. The highest BCUT2D eigenvalue weighted by Gasteiger charge is 2.21. The molecule has 126 valence electrons. The van der Waals surface area contributed by atoms with Crippen LogP contribution in [-0.2, 0) is 0 Å². The molecule has 2 heterocycles. The number of rotatable bonds is 6. The van der Waals surface area contributed by atoms with Gasteiger partial charge in [0.15, 0.2) is 0 Å². The minimum absolute atomic E-state index is 0.0709. The minimum Gasteiger partial charge on any atom is -0.419 e. The van der Waals surface area contributed by atoms with Gasteiger partial charge in [0.1, 0.15) is 0 Å². The number of aromatic nitrogens is 4. The molecule has 24 heavy (non-hydrogen) atoms. The highest BCUT2D eigenvalue weighted by atomic mass is 35.5. The Labute approximate surface area is 145 Å². The normalized spacial score (nSPS) is 15.2. The smallest absolute Gasteiger partial charge is 0.247 e. The third kappa shape index (κ3) is 3.66. The number of nitrogens with one attached hydrogen (secondary N) is 1. The van der Waals surface area contributed by atoms with Crippen LogP contribution in [0.2, 0.25) is 5.02 Å². The van der Waals surface area contributed by atoms with Crippen molar-refractivity contribution in [2.75, 3.05) is 0 Å². The Morgan fingerprint density at radius 2 is 2.00 bits per heavy atom. The van der Waals surface area contributed by atoms with Crippen LogP contribution in [0.5, 0.6) is 0 Å². The summed E-state index contributed by atoms with van der Waals surface area (Å²) in [7, 11) is 0. The summed E-state index contributed by atoms with van der Waals surface area (Å²) in [6, 6.07) is 9.60. The molecule has 0 saturated heterocycles. The van der Waals surface area contributed by atoms with Gasteiger partial charge < -0.3 is 9.73 Å². The van der Waals surface area contributed by atoms with Gasteiger partial charge in [0.25, 0.3) is 0 Å². The molecule has 1 N–H and O–H groups in total. The van der Waals surface area contributed by atoms with Crippen molar-refractivity contribution in [1.82, 2.24) is 25.3 Å². The number of hydrogen-bond donors (Lipinski definition) is 1. The molecule has 3 rings (SSSR count). The highest BCUT2D eigenvalue weighted by molar-refractivity contribution is 6.30. The van der Waals surface area contributed by atoms with Crippen molar-refractivity contribution in [1.29, 1.82) is 0 Å². The summed E-state index contributed by atoms with van der Waals surface area (Å²) in [5.41, 5.74) is 0.811. The molecular formula is C17H20ClN5O. The summed E-state index contributed by atoms with van der Waals surface area (Å²) in [5.74, 6) is 1.01. The molecule has 6 nitrogen and oxygen atoms in total. The van der Waals surface area contributed by atoms with E-state index in [4.69, 9.17) is 16.0 Å². The summed E-state index contributed by atoms with van der Waals surface area (Å²) in [6.45, 7) is 6.22. The van der Waals surface area contributed by atoms with E-state index in [0.29, 0.717) is 16.8 Å². The number of halogens is 1. The van der Waals surface area contributed by atoms with E-state index in [0.717, 1.165) is 5.56 Å². The Kier molecular flexibility index (Phi) is 4.97. The van der Waals surface area contributed by atoms with Crippen LogP contribution in [0.15, 0.2) is 47.1 Å². The van der Waals surface area contributed by atoms with Crippen molar-refractivity contribution < 1.29 is 4.42 Å². The summed E-state index contributed by atoms with van der Waals surface area (Å²) in [4.78, 5) is 0. The Morgan fingerprint density at radius 1 is 1.17 bits per heavy atom. The maximum absolute atomic E-state index is 6.01. The molecule has 0 fully saturated rings. The number of nitrogens with zero attached hydrogens (tertiary/aromatic N) is 4. The zero-order chi connectivity index (χ0) is 17.1. The van der Waals surface area contributed by atoms with Gasteiger partial charge in [-0.15, -0.1) is 10.2 Å². The van der Waals surface area contributed by atoms with Crippen LogP contribution in [0, 0.1) is 0 Å². The molecule has 2 aromatic heterocycles. The Bertz CT molecular complexity index is 786. The van der Waals surface area contributed by atoms with Gasteiger partial charge in [0.2, 0.25) is 11.8 Å². The van der Waals surface area contributed by atoms with Crippen LogP contribution < -0.4 is 5.32 Å². The van der Waals surface area contributed by atoms with Crippen molar-refractivity contribution in [3.63, 3.8) is 0 Å². The zero-order valence-electron chi connectivity index (χ0n) is 13.8. The van der Waals surface area contributed by atoms with Crippen LogP contribution in [0.4, 0.5) is 0 Å².